The molecule has 0 saturated heterocycles. The third kappa shape index (κ3) is 3.34. The maximum absolute atomic E-state index is 12.0. The highest BCUT2D eigenvalue weighted by molar-refractivity contribution is 5.96. The second kappa shape index (κ2) is 6.02. The second-order valence-corrected chi connectivity index (χ2v) is 4.34. The summed E-state index contributed by atoms with van der Waals surface area (Å²) in [5.74, 6) is -0.914. The summed E-state index contributed by atoms with van der Waals surface area (Å²) in [4.78, 5) is 21.9. The molecule has 108 valence electrons. The van der Waals surface area contributed by atoms with Crippen LogP contribution in [0, 0.1) is 10.1 Å². The monoisotopic (exact) mass is 287 g/mol. The van der Waals surface area contributed by atoms with Crippen LogP contribution in [0.5, 0.6) is 5.75 Å². The fourth-order valence-corrected chi connectivity index (χ4v) is 1.76. The minimum Gasteiger partial charge on any atom is -0.506 e. The first kappa shape index (κ1) is 14.5. The zero-order chi connectivity index (χ0) is 15.4. The van der Waals surface area contributed by atoms with E-state index in [-0.39, 0.29) is 11.4 Å². The van der Waals surface area contributed by atoms with E-state index >= 15 is 0 Å². The van der Waals surface area contributed by atoms with Gasteiger partial charge in [-0.25, -0.2) is 0 Å². The number of hydrogen-bond donors (Lipinski definition) is 3. The summed E-state index contributed by atoms with van der Waals surface area (Å²) < 4.78 is 0. The van der Waals surface area contributed by atoms with Gasteiger partial charge in [0, 0.05) is 6.07 Å². The number of carbonyl (C=O) groups excluding carboxylic acids is 1. The van der Waals surface area contributed by atoms with Crippen LogP contribution in [0.1, 0.15) is 11.6 Å². The fourth-order valence-electron chi connectivity index (χ4n) is 1.76. The number of nitrogens with two attached hydrogens (primary N) is 1. The molecule has 1 unspecified atom stereocenters. The zero-order valence-electron chi connectivity index (χ0n) is 10.9. The number of non-ortho nitro benzene ring substituents is 1. The van der Waals surface area contributed by atoms with E-state index in [1.807, 2.05) is 0 Å². The largest absolute Gasteiger partial charge is 0.506 e. The molecule has 0 aliphatic heterocycles. The average Bonchev–Trinajstić information content (AvgIpc) is 2.49. The van der Waals surface area contributed by atoms with Gasteiger partial charge < -0.3 is 16.2 Å². The summed E-state index contributed by atoms with van der Waals surface area (Å²) >= 11 is 0. The number of nitro groups is 1. The second-order valence-electron chi connectivity index (χ2n) is 4.34. The Kier molecular flexibility index (Phi) is 4.15. The quantitative estimate of drug-likeness (QED) is 0.451. The lowest BCUT2D eigenvalue weighted by Gasteiger charge is -2.13. The third-order valence-electron chi connectivity index (χ3n) is 2.89. The number of nitrogens with zero attached hydrogens (tertiary/aromatic N) is 1. The van der Waals surface area contributed by atoms with Crippen LogP contribution in [0.2, 0.25) is 0 Å². The average molecular weight is 287 g/mol. The highest BCUT2D eigenvalue weighted by atomic mass is 16.6. The van der Waals surface area contributed by atoms with Crippen molar-refractivity contribution < 1.29 is 14.8 Å². The number of benzene rings is 2. The molecular weight excluding hydrogens is 274 g/mol. The summed E-state index contributed by atoms with van der Waals surface area (Å²) in [6.45, 7) is 0. The number of phenols is 1. The molecule has 2 rings (SSSR count). The van der Waals surface area contributed by atoms with Gasteiger partial charge in [-0.15, -0.1) is 0 Å². The van der Waals surface area contributed by atoms with E-state index in [4.69, 9.17) is 5.73 Å². The maximum atomic E-state index is 12.0. The molecule has 0 aliphatic rings. The molecule has 7 heteroatoms. The number of phenolic OH excluding ortho intramolecular Hbond substituents is 1. The Balaban J connectivity index is 2.15. The van der Waals surface area contributed by atoms with E-state index in [0.29, 0.717) is 5.56 Å². The normalized spacial score (nSPS) is 11.7. The van der Waals surface area contributed by atoms with Crippen molar-refractivity contribution in [2.75, 3.05) is 5.32 Å². The van der Waals surface area contributed by atoms with Crippen molar-refractivity contribution in [2.45, 2.75) is 6.04 Å². The molecule has 2 aromatic rings. The van der Waals surface area contributed by atoms with Crippen LogP contribution in [0.25, 0.3) is 0 Å². The first-order valence-corrected chi connectivity index (χ1v) is 6.08. The number of nitro benzene ring substituents is 1. The van der Waals surface area contributed by atoms with Crippen LogP contribution in [0.3, 0.4) is 0 Å². The predicted molar refractivity (Wildman–Crippen MR) is 76.8 cm³/mol. The highest BCUT2D eigenvalue weighted by Crippen LogP contribution is 2.28. The van der Waals surface area contributed by atoms with E-state index in [1.54, 1.807) is 30.3 Å². The lowest BCUT2D eigenvalue weighted by molar-refractivity contribution is -0.384. The maximum Gasteiger partial charge on any atom is 0.273 e. The molecule has 0 bridgehead atoms. The number of nitrogens with one attached hydrogen (secondary N) is 1. The van der Waals surface area contributed by atoms with Crippen LogP contribution < -0.4 is 11.1 Å². The standard InChI is InChI=1S/C14H13N3O4/c15-13(9-4-2-1-3-5-9)14(19)16-11-7-6-10(17(20)21)8-12(11)18/h1-8,13,18H,15H2,(H,16,19). The topological polar surface area (TPSA) is 118 Å². The van der Waals surface area contributed by atoms with Crippen molar-refractivity contribution in [2.24, 2.45) is 5.73 Å². The molecule has 2 aromatic carbocycles. The SMILES string of the molecule is NC(C(=O)Nc1ccc([N+](=O)[O-])cc1O)c1ccccc1. The van der Waals surface area contributed by atoms with E-state index in [9.17, 15) is 20.0 Å². The van der Waals surface area contributed by atoms with Gasteiger partial charge in [0.05, 0.1) is 16.7 Å². The molecule has 4 N–H and O–H groups in total. The van der Waals surface area contributed by atoms with Crippen molar-refractivity contribution in [3.8, 4) is 5.75 Å². The Bertz CT molecular complexity index is 673. The number of aromatic hydroxyl groups is 1. The van der Waals surface area contributed by atoms with Crippen molar-refractivity contribution in [3.63, 3.8) is 0 Å². The van der Waals surface area contributed by atoms with Crippen LogP contribution in [-0.2, 0) is 4.79 Å². The fraction of sp³-hybridized carbons (Fsp3) is 0.0714. The summed E-state index contributed by atoms with van der Waals surface area (Å²) in [6, 6.07) is 11.2. The van der Waals surface area contributed by atoms with Crippen LogP contribution >= 0.6 is 0 Å². The number of amides is 1. The Labute approximate surface area is 120 Å². The van der Waals surface area contributed by atoms with Crippen molar-refractivity contribution in [1.29, 1.82) is 0 Å². The smallest absolute Gasteiger partial charge is 0.273 e. The molecule has 1 atom stereocenters. The van der Waals surface area contributed by atoms with Crippen molar-refractivity contribution in [3.05, 3.63) is 64.2 Å². The van der Waals surface area contributed by atoms with Crippen LogP contribution in [0.4, 0.5) is 11.4 Å². The number of carbonyl (C=O) groups is 1. The van der Waals surface area contributed by atoms with Gasteiger partial charge in [-0.05, 0) is 11.6 Å². The number of rotatable bonds is 4. The number of anilines is 1. The molecule has 0 saturated carbocycles. The van der Waals surface area contributed by atoms with E-state index < -0.39 is 22.6 Å². The van der Waals surface area contributed by atoms with Gasteiger partial charge in [-0.3, -0.25) is 14.9 Å². The summed E-state index contributed by atoms with van der Waals surface area (Å²) in [5, 5.41) is 22.7. The zero-order valence-corrected chi connectivity index (χ0v) is 10.9. The van der Waals surface area contributed by atoms with Gasteiger partial charge in [0.1, 0.15) is 11.8 Å². The van der Waals surface area contributed by atoms with E-state index in [0.717, 1.165) is 6.07 Å². The first-order chi connectivity index (χ1) is 9.99. The van der Waals surface area contributed by atoms with Crippen molar-refractivity contribution >= 4 is 17.3 Å². The lowest BCUT2D eigenvalue weighted by Crippen LogP contribution is -2.27. The van der Waals surface area contributed by atoms with Gasteiger partial charge in [-0.1, -0.05) is 30.3 Å². The molecule has 1 amide bonds. The summed E-state index contributed by atoms with van der Waals surface area (Å²) in [6.07, 6.45) is 0. The molecule has 21 heavy (non-hydrogen) atoms. The molecule has 7 nitrogen and oxygen atoms in total. The Morgan fingerprint density at radius 1 is 1.24 bits per heavy atom. The van der Waals surface area contributed by atoms with Gasteiger partial charge in [0.15, 0.2) is 0 Å². The Morgan fingerprint density at radius 3 is 2.48 bits per heavy atom. The third-order valence-corrected chi connectivity index (χ3v) is 2.89. The van der Waals surface area contributed by atoms with Gasteiger partial charge in [0.2, 0.25) is 5.91 Å². The molecule has 0 fully saturated rings. The molecule has 0 radical (unpaired) electrons. The number of hydrogen-bond acceptors (Lipinski definition) is 5. The molecule has 0 aromatic heterocycles. The first-order valence-electron chi connectivity index (χ1n) is 6.08. The van der Waals surface area contributed by atoms with Crippen LogP contribution in [0.15, 0.2) is 48.5 Å². The Hall–Kier alpha value is -2.93. The summed E-state index contributed by atoms with van der Waals surface area (Å²) in [7, 11) is 0. The van der Waals surface area contributed by atoms with E-state index in [2.05, 4.69) is 5.32 Å². The van der Waals surface area contributed by atoms with Gasteiger partial charge in [-0.2, -0.15) is 0 Å². The highest BCUT2D eigenvalue weighted by Gasteiger charge is 2.18. The molecular formula is C14H13N3O4. The van der Waals surface area contributed by atoms with Crippen molar-refractivity contribution in [1.82, 2.24) is 0 Å². The minimum absolute atomic E-state index is 0.0666. The lowest BCUT2D eigenvalue weighted by atomic mass is 10.1. The Morgan fingerprint density at radius 2 is 1.90 bits per heavy atom. The molecule has 0 heterocycles. The van der Waals surface area contributed by atoms with Gasteiger partial charge >= 0.3 is 0 Å². The minimum atomic E-state index is -0.902. The molecule has 0 aliphatic carbocycles. The summed E-state index contributed by atoms with van der Waals surface area (Å²) in [5.41, 5.74) is 6.24. The molecule has 0 spiro atoms. The van der Waals surface area contributed by atoms with E-state index in [1.165, 1.54) is 12.1 Å². The van der Waals surface area contributed by atoms with Gasteiger partial charge in [0.25, 0.3) is 5.69 Å². The predicted octanol–water partition coefficient (Wildman–Crippen LogP) is 1.94. The van der Waals surface area contributed by atoms with Crippen LogP contribution in [-0.4, -0.2) is 15.9 Å².